The molecule has 1 saturated heterocycles. The molecule has 1 N–H and O–H groups in total. The van der Waals surface area contributed by atoms with Crippen molar-refractivity contribution in [2.75, 3.05) is 0 Å². The smallest absolute Gasteiger partial charge is 0.231 e. The van der Waals surface area contributed by atoms with Gasteiger partial charge in [0.2, 0.25) is 5.91 Å². The van der Waals surface area contributed by atoms with E-state index in [4.69, 9.17) is 11.6 Å². The largest absolute Gasteiger partial charge is 0.330 e. The van der Waals surface area contributed by atoms with Gasteiger partial charge in [-0.25, -0.2) is 4.39 Å². The Kier molecular flexibility index (Phi) is 3.92. The van der Waals surface area contributed by atoms with Crippen LogP contribution in [0.3, 0.4) is 0 Å². The van der Waals surface area contributed by atoms with Crippen LogP contribution in [0, 0.1) is 5.82 Å². The molecule has 1 aromatic carbocycles. The zero-order valence-corrected chi connectivity index (χ0v) is 12.8. The van der Waals surface area contributed by atoms with Crippen molar-refractivity contribution < 1.29 is 9.18 Å². The van der Waals surface area contributed by atoms with Gasteiger partial charge in [0.15, 0.2) is 0 Å². The lowest BCUT2D eigenvalue weighted by Crippen LogP contribution is -2.33. The molecule has 1 aliphatic heterocycles. The second-order valence-electron chi connectivity index (χ2n) is 6.29. The molecule has 0 aromatic heterocycles. The van der Waals surface area contributed by atoms with E-state index in [1.807, 2.05) is 20.8 Å². The summed E-state index contributed by atoms with van der Waals surface area (Å²) in [5.41, 5.74) is 1.57. The van der Waals surface area contributed by atoms with E-state index in [1.165, 1.54) is 6.07 Å². The quantitative estimate of drug-likeness (QED) is 0.823. The Hall–Kier alpha value is -1.35. The van der Waals surface area contributed by atoms with E-state index in [9.17, 15) is 9.18 Å². The fourth-order valence-corrected chi connectivity index (χ4v) is 2.93. The first-order valence-corrected chi connectivity index (χ1v) is 7.06. The molecule has 4 heteroatoms. The summed E-state index contributed by atoms with van der Waals surface area (Å²) in [6, 6.07) is 3.05. The highest BCUT2D eigenvalue weighted by atomic mass is 35.5. The number of hydrogen-bond donors (Lipinski definition) is 1. The molecular formula is C16H19ClFNO. The van der Waals surface area contributed by atoms with Gasteiger partial charge in [-0.05, 0) is 36.0 Å². The molecule has 2 nitrogen and oxygen atoms in total. The van der Waals surface area contributed by atoms with E-state index < -0.39 is 5.92 Å². The Morgan fingerprint density at radius 3 is 2.60 bits per heavy atom. The standard InChI is InChI=1S/C16H19ClFNO/c1-9-5-6-10(15(20)19-9)11-7-13(17)12(8-14(11)18)16(2,3)4/h7-8,10H,1,5-6H2,2-4H3,(H,19,20). The van der Waals surface area contributed by atoms with Crippen LogP contribution in [0.1, 0.15) is 50.7 Å². The summed E-state index contributed by atoms with van der Waals surface area (Å²) in [4.78, 5) is 12.0. The van der Waals surface area contributed by atoms with Crippen molar-refractivity contribution in [1.29, 1.82) is 0 Å². The number of benzene rings is 1. The third kappa shape index (κ3) is 2.88. The summed E-state index contributed by atoms with van der Waals surface area (Å²) >= 11 is 6.27. The SMILES string of the molecule is C=C1CCC(c2cc(Cl)c(C(C)(C)C)cc2F)C(=O)N1. The van der Waals surface area contributed by atoms with Crippen LogP contribution in [0.25, 0.3) is 0 Å². The van der Waals surface area contributed by atoms with Gasteiger partial charge in [-0.1, -0.05) is 39.0 Å². The van der Waals surface area contributed by atoms with Crippen molar-refractivity contribution in [1.82, 2.24) is 5.32 Å². The van der Waals surface area contributed by atoms with E-state index in [0.717, 1.165) is 5.56 Å². The van der Waals surface area contributed by atoms with Crippen LogP contribution in [0.15, 0.2) is 24.4 Å². The molecule has 1 aromatic rings. The lowest BCUT2D eigenvalue weighted by atomic mass is 9.83. The number of amides is 1. The van der Waals surface area contributed by atoms with E-state index in [2.05, 4.69) is 11.9 Å². The van der Waals surface area contributed by atoms with Gasteiger partial charge >= 0.3 is 0 Å². The van der Waals surface area contributed by atoms with E-state index in [-0.39, 0.29) is 17.1 Å². The summed E-state index contributed by atoms with van der Waals surface area (Å²) in [6.45, 7) is 9.66. The number of halogens is 2. The Morgan fingerprint density at radius 2 is 2.05 bits per heavy atom. The second kappa shape index (κ2) is 5.21. The average molecular weight is 296 g/mol. The normalized spacial score (nSPS) is 19.9. The maximum atomic E-state index is 14.4. The Balaban J connectivity index is 2.42. The number of rotatable bonds is 1. The maximum absolute atomic E-state index is 14.4. The molecule has 0 radical (unpaired) electrons. The van der Waals surface area contributed by atoms with Gasteiger partial charge in [0.05, 0.1) is 5.92 Å². The molecule has 1 unspecified atom stereocenters. The summed E-state index contributed by atoms with van der Waals surface area (Å²) in [5.74, 6) is -1.07. The Morgan fingerprint density at radius 1 is 1.40 bits per heavy atom. The van der Waals surface area contributed by atoms with E-state index >= 15 is 0 Å². The number of hydrogen-bond acceptors (Lipinski definition) is 1. The topological polar surface area (TPSA) is 29.1 Å². The maximum Gasteiger partial charge on any atom is 0.231 e. The second-order valence-corrected chi connectivity index (χ2v) is 6.69. The van der Waals surface area contributed by atoms with Crippen molar-refractivity contribution in [2.45, 2.75) is 44.9 Å². The fraction of sp³-hybridized carbons (Fsp3) is 0.438. The minimum Gasteiger partial charge on any atom is -0.330 e. The average Bonchev–Trinajstić information content (AvgIpc) is 2.31. The van der Waals surface area contributed by atoms with Crippen LogP contribution in [0.2, 0.25) is 5.02 Å². The summed E-state index contributed by atoms with van der Waals surface area (Å²) in [6.07, 6.45) is 1.22. The van der Waals surface area contributed by atoms with Crippen molar-refractivity contribution in [3.63, 3.8) is 0 Å². The van der Waals surface area contributed by atoms with Crippen LogP contribution >= 0.6 is 11.6 Å². The third-order valence-corrected chi connectivity index (χ3v) is 3.93. The zero-order chi connectivity index (χ0) is 15.1. The summed E-state index contributed by atoms with van der Waals surface area (Å²) in [5, 5.41) is 3.18. The third-order valence-electron chi connectivity index (χ3n) is 3.62. The predicted octanol–water partition coefficient (Wildman–Crippen LogP) is 4.28. The van der Waals surface area contributed by atoms with Crippen molar-refractivity contribution >= 4 is 17.5 Å². The first kappa shape index (κ1) is 15.0. The Bertz CT molecular complexity index is 575. The molecule has 1 fully saturated rings. The fourth-order valence-electron chi connectivity index (χ4n) is 2.47. The number of nitrogens with one attached hydrogen (secondary N) is 1. The molecule has 2 rings (SSSR count). The molecule has 0 aliphatic carbocycles. The number of carbonyl (C=O) groups excluding carboxylic acids is 1. The highest BCUT2D eigenvalue weighted by molar-refractivity contribution is 6.31. The summed E-state index contributed by atoms with van der Waals surface area (Å²) < 4.78 is 14.4. The lowest BCUT2D eigenvalue weighted by Gasteiger charge is -2.26. The van der Waals surface area contributed by atoms with Crippen LogP contribution in [0.4, 0.5) is 4.39 Å². The van der Waals surface area contributed by atoms with Gasteiger partial charge in [-0.3, -0.25) is 4.79 Å². The van der Waals surface area contributed by atoms with Gasteiger partial charge in [-0.2, -0.15) is 0 Å². The van der Waals surface area contributed by atoms with Crippen LogP contribution in [-0.2, 0) is 10.2 Å². The molecule has 0 saturated carbocycles. The molecule has 1 heterocycles. The molecule has 1 aliphatic rings. The Labute approximate surface area is 124 Å². The molecule has 1 atom stereocenters. The molecule has 0 bridgehead atoms. The number of piperidine rings is 1. The first-order valence-electron chi connectivity index (χ1n) is 6.68. The van der Waals surface area contributed by atoms with Gasteiger partial charge in [0, 0.05) is 16.3 Å². The van der Waals surface area contributed by atoms with Crippen molar-refractivity contribution in [3.05, 3.63) is 46.4 Å². The molecule has 20 heavy (non-hydrogen) atoms. The van der Waals surface area contributed by atoms with E-state index in [1.54, 1.807) is 6.07 Å². The molecule has 1 amide bonds. The number of carbonyl (C=O) groups is 1. The monoisotopic (exact) mass is 295 g/mol. The minimum absolute atomic E-state index is 0.209. The van der Waals surface area contributed by atoms with Gasteiger partial charge < -0.3 is 5.32 Å². The van der Waals surface area contributed by atoms with Crippen LogP contribution in [-0.4, -0.2) is 5.91 Å². The van der Waals surface area contributed by atoms with E-state index in [0.29, 0.717) is 29.1 Å². The highest BCUT2D eigenvalue weighted by Crippen LogP contribution is 2.36. The summed E-state index contributed by atoms with van der Waals surface area (Å²) in [7, 11) is 0. The first-order chi connectivity index (χ1) is 9.20. The molecule has 0 spiro atoms. The minimum atomic E-state index is -0.494. The lowest BCUT2D eigenvalue weighted by molar-refractivity contribution is -0.122. The van der Waals surface area contributed by atoms with Gasteiger partial charge in [-0.15, -0.1) is 0 Å². The van der Waals surface area contributed by atoms with Crippen molar-refractivity contribution in [3.8, 4) is 0 Å². The van der Waals surface area contributed by atoms with Crippen molar-refractivity contribution in [2.24, 2.45) is 0 Å². The van der Waals surface area contributed by atoms with Crippen LogP contribution in [0.5, 0.6) is 0 Å². The van der Waals surface area contributed by atoms with Gasteiger partial charge in [0.25, 0.3) is 0 Å². The zero-order valence-electron chi connectivity index (χ0n) is 12.0. The molecule has 108 valence electrons. The van der Waals surface area contributed by atoms with Gasteiger partial charge in [0.1, 0.15) is 5.82 Å². The highest BCUT2D eigenvalue weighted by Gasteiger charge is 2.29. The van der Waals surface area contributed by atoms with Crippen LogP contribution < -0.4 is 5.32 Å². The molecular weight excluding hydrogens is 277 g/mol. The number of allylic oxidation sites excluding steroid dienone is 1. The predicted molar refractivity (Wildman–Crippen MR) is 79.4 cm³/mol.